The van der Waals surface area contributed by atoms with Crippen molar-refractivity contribution in [3.05, 3.63) is 65.7 Å². The molecule has 2 aromatic rings. The number of carbonyl (C=O) groups is 6. The van der Waals surface area contributed by atoms with Crippen LogP contribution in [0.4, 0.5) is 0 Å². The Morgan fingerprint density at radius 2 is 1.28 bits per heavy atom. The van der Waals surface area contributed by atoms with Gasteiger partial charge in [-0.25, -0.2) is 0 Å². The number of unbranched alkanes of at least 4 members (excludes halogenated alkanes) is 1. The van der Waals surface area contributed by atoms with Crippen LogP contribution in [0, 0.1) is 5.92 Å². The van der Waals surface area contributed by atoms with Crippen LogP contribution in [0.5, 0.6) is 5.75 Å². The van der Waals surface area contributed by atoms with Gasteiger partial charge in [0.05, 0.1) is 12.6 Å². The largest absolute Gasteiger partial charge is 0.508 e. The zero-order valence-electron chi connectivity index (χ0n) is 30.8. The SMILES string of the molecule is CSCC[C@H](NC(=O)[C@H](CC(C)C)NC(=O)CNC(=O)[C@H](Cc1ccc(O)cc1)NC(=O)[C@H](Cc1ccccc1)NC(=O)[C@@H](N)CCCCN)C(N)=O. The number of nitrogens with two attached hydrogens (primary N) is 3. The molecule has 16 heteroatoms. The predicted octanol–water partition coefficient (Wildman–Crippen LogP) is -0.0264. The van der Waals surface area contributed by atoms with Gasteiger partial charge in [-0.05, 0) is 73.4 Å². The first-order chi connectivity index (χ1) is 25.2. The number of primary amides is 1. The lowest BCUT2D eigenvalue weighted by Crippen LogP contribution is -2.58. The number of phenols is 1. The minimum absolute atomic E-state index is 0.00594. The van der Waals surface area contributed by atoms with Crippen LogP contribution in [0.2, 0.25) is 0 Å². The van der Waals surface area contributed by atoms with Crippen LogP contribution in [-0.4, -0.2) is 95.9 Å². The Bertz CT molecular complexity index is 1480. The summed E-state index contributed by atoms with van der Waals surface area (Å²) in [5.74, 6) is -3.24. The molecule has 12 N–H and O–H groups in total. The van der Waals surface area contributed by atoms with Crippen LogP contribution in [0.25, 0.3) is 0 Å². The van der Waals surface area contributed by atoms with Gasteiger partial charge >= 0.3 is 0 Å². The molecular formula is C37H56N8O7S. The second-order valence-electron chi connectivity index (χ2n) is 13.3. The third kappa shape index (κ3) is 17.1. The molecule has 53 heavy (non-hydrogen) atoms. The summed E-state index contributed by atoms with van der Waals surface area (Å²) in [5.41, 5.74) is 18.5. The Labute approximate surface area is 315 Å². The average molecular weight is 757 g/mol. The smallest absolute Gasteiger partial charge is 0.243 e. The number of aromatic hydroxyl groups is 1. The molecule has 6 amide bonds. The average Bonchev–Trinajstić information content (AvgIpc) is 3.12. The summed E-state index contributed by atoms with van der Waals surface area (Å²) in [6.07, 6.45) is 4.24. The van der Waals surface area contributed by atoms with E-state index in [9.17, 15) is 33.9 Å². The molecule has 0 saturated carbocycles. The van der Waals surface area contributed by atoms with E-state index >= 15 is 0 Å². The van der Waals surface area contributed by atoms with Crippen LogP contribution in [-0.2, 0) is 41.6 Å². The lowest BCUT2D eigenvalue weighted by molar-refractivity contribution is -0.133. The second kappa shape index (κ2) is 23.8. The van der Waals surface area contributed by atoms with Crippen LogP contribution in [0.15, 0.2) is 54.6 Å². The summed E-state index contributed by atoms with van der Waals surface area (Å²) >= 11 is 1.49. The van der Waals surface area contributed by atoms with Crippen molar-refractivity contribution in [2.75, 3.05) is 25.1 Å². The molecule has 0 aliphatic rings. The van der Waals surface area contributed by atoms with E-state index in [1.807, 2.05) is 26.2 Å². The first-order valence-corrected chi connectivity index (χ1v) is 19.2. The van der Waals surface area contributed by atoms with E-state index in [2.05, 4.69) is 26.6 Å². The molecular weight excluding hydrogens is 701 g/mol. The second-order valence-corrected chi connectivity index (χ2v) is 14.3. The Morgan fingerprint density at radius 1 is 0.717 bits per heavy atom. The van der Waals surface area contributed by atoms with Gasteiger partial charge in [0.2, 0.25) is 35.4 Å². The molecule has 0 radical (unpaired) electrons. The number of hydrogen-bond acceptors (Lipinski definition) is 10. The molecule has 0 aromatic heterocycles. The number of carbonyl (C=O) groups excluding carboxylic acids is 6. The van der Waals surface area contributed by atoms with Gasteiger partial charge in [-0.2, -0.15) is 11.8 Å². The van der Waals surface area contributed by atoms with Crippen molar-refractivity contribution in [1.82, 2.24) is 26.6 Å². The van der Waals surface area contributed by atoms with Gasteiger partial charge in [0.15, 0.2) is 0 Å². The van der Waals surface area contributed by atoms with E-state index < -0.39 is 72.2 Å². The van der Waals surface area contributed by atoms with E-state index in [0.717, 1.165) is 5.56 Å². The Kier molecular flexibility index (Phi) is 20.0. The fourth-order valence-corrected chi connectivity index (χ4v) is 5.83. The van der Waals surface area contributed by atoms with Gasteiger partial charge in [-0.3, -0.25) is 28.8 Å². The maximum absolute atomic E-state index is 13.8. The topological polar surface area (TPSA) is 261 Å². The fraction of sp³-hybridized carbons (Fsp3) is 0.514. The molecule has 5 atom stereocenters. The maximum Gasteiger partial charge on any atom is 0.243 e. The highest BCUT2D eigenvalue weighted by Gasteiger charge is 2.30. The van der Waals surface area contributed by atoms with E-state index in [-0.39, 0.29) is 30.9 Å². The first-order valence-electron chi connectivity index (χ1n) is 17.8. The summed E-state index contributed by atoms with van der Waals surface area (Å²) < 4.78 is 0. The van der Waals surface area contributed by atoms with Crippen LogP contribution in [0.1, 0.15) is 57.1 Å². The minimum atomic E-state index is -1.21. The highest BCUT2D eigenvalue weighted by atomic mass is 32.2. The van der Waals surface area contributed by atoms with Gasteiger partial charge in [0.25, 0.3) is 0 Å². The standard InChI is InChI=1S/C37H56N8O7S/c1-23(2)19-29(36(51)43-28(33(40)48)16-18-53-3)42-32(47)22-41-35(50)30(21-25-12-14-26(46)15-13-25)45-37(52)31(20-24-9-5-4-6-10-24)44-34(49)27(39)11-7-8-17-38/h4-6,9-10,12-15,23,27-31,46H,7-8,11,16-22,38-39H2,1-3H3,(H2,40,48)(H,41,50)(H,42,47)(H,43,51)(H,44,49)(H,45,52)/t27-,28-,29-,30-,31-/m0/s1. The summed E-state index contributed by atoms with van der Waals surface area (Å²) in [5, 5.41) is 23.0. The highest BCUT2D eigenvalue weighted by Crippen LogP contribution is 2.13. The molecule has 0 bridgehead atoms. The van der Waals surface area contributed by atoms with Crippen LogP contribution in [0.3, 0.4) is 0 Å². The minimum Gasteiger partial charge on any atom is -0.508 e. The molecule has 0 fully saturated rings. The molecule has 0 heterocycles. The monoisotopic (exact) mass is 756 g/mol. The number of benzene rings is 2. The van der Waals surface area contributed by atoms with Gasteiger partial charge in [-0.15, -0.1) is 0 Å². The molecule has 0 aliphatic carbocycles. The molecule has 2 aromatic carbocycles. The fourth-order valence-electron chi connectivity index (χ4n) is 5.36. The Morgan fingerprint density at radius 3 is 1.87 bits per heavy atom. The number of hydrogen-bond donors (Lipinski definition) is 9. The zero-order valence-corrected chi connectivity index (χ0v) is 31.6. The van der Waals surface area contributed by atoms with Crippen LogP contribution >= 0.6 is 11.8 Å². The molecule has 15 nitrogen and oxygen atoms in total. The lowest BCUT2D eigenvalue weighted by atomic mass is 10.0. The number of phenolic OH excluding ortho intramolecular Hbond substituents is 1. The van der Waals surface area contributed by atoms with Crippen molar-refractivity contribution < 1.29 is 33.9 Å². The van der Waals surface area contributed by atoms with Crippen molar-refractivity contribution >= 4 is 47.2 Å². The third-order valence-electron chi connectivity index (χ3n) is 8.28. The van der Waals surface area contributed by atoms with Crippen molar-refractivity contribution in [1.29, 1.82) is 0 Å². The summed E-state index contributed by atoms with van der Waals surface area (Å²) in [7, 11) is 0. The molecule has 0 aliphatic heterocycles. The summed E-state index contributed by atoms with van der Waals surface area (Å²) in [6, 6.07) is 9.98. The molecule has 292 valence electrons. The van der Waals surface area contributed by atoms with Gasteiger partial charge in [-0.1, -0.05) is 62.7 Å². The van der Waals surface area contributed by atoms with Gasteiger partial charge < -0.3 is 48.9 Å². The van der Waals surface area contributed by atoms with E-state index in [1.165, 1.54) is 23.9 Å². The van der Waals surface area contributed by atoms with Crippen molar-refractivity contribution in [2.45, 2.75) is 89.0 Å². The zero-order chi connectivity index (χ0) is 39.3. The number of thioether (sulfide) groups is 1. The van der Waals surface area contributed by atoms with E-state index in [0.29, 0.717) is 43.5 Å². The van der Waals surface area contributed by atoms with Gasteiger partial charge in [0, 0.05) is 12.8 Å². The van der Waals surface area contributed by atoms with E-state index in [4.69, 9.17) is 17.2 Å². The quantitative estimate of drug-likeness (QED) is 0.0647. The van der Waals surface area contributed by atoms with Crippen molar-refractivity contribution in [2.24, 2.45) is 23.1 Å². The highest BCUT2D eigenvalue weighted by molar-refractivity contribution is 7.98. The van der Waals surface area contributed by atoms with Crippen molar-refractivity contribution in [3.8, 4) is 5.75 Å². The summed E-state index contributed by atoms with van der Waals surface area (Å²) in [4.78, 5) is 78.7. The van der Waals surface area contributed by atoms with Crippen molar-refractivity contribution in [3.63, 3.8) is 0 Å². The van der Waals surface area contributed by atoms with Crippen LogP contribution < -0.4 is 43.8 Å². The third-order valence-corrected chi connectivity index (χ3v) is 8.93. The Balaban J connectivity index is 2.23. The number of amides is 6. The van der Waals surface area contributed by atoms with E-state index in [1.54, 1.807) is 36.4 Å². The maximum atomic E-state index is 13.8. The Hall–Kier alpha value is -4.67. The number of nitrogens with one attached hydrogen (secondary N) is 5. The molecule has 0 spiro atoms. The number of rotatable bonds is 24. The lowest BCUT2D eigenvalue weighted by Gasteiger charge is -2.25. The first kappa shape index (κ1) is 44.5. The normalized spacial score (nSPS) is 13.8. The predicted molar refractivity (Wildman–Crippen MR) is 205 cm³/mol. The summed E-state index contributed by atoms with van der Waals surface area (Å²) in [6.45, 7) is 3.67. The van der Waals surface area contributed by atoms with Gasteiger partial charge in [0.1, 0.15) is 29.9 Å². The molecule has 0 unspecified atom stereocenters. The molecule has 0 saturated heterocycles. The molecule has 2 rings (SSSR count).